The van der Waals surface area contributed by atoms with E-state index in [1.165, 1.54) is 19.7 Å². The molecule has 0 rings (SSSR count). The van der Waals surface area contributed by atoms with Crippen LogP contribution in [-0.2, 0) is 9.53 Å². The van der Waals surface area contributed by atoms with Crippen molar-refractivity contribution >= 4 is 12.3 Å². The fourth-order valence-electron chi connectivity index (χ4n) is 0.590. The molecule has 0 heterocycles. The third-order valence-electron chi connectivity index (χ3n) is 1.29. The van der Waals surface area contributed by atoms with Gasteiger partial charge in [-0.2, -0.15) is 0 Å². The predicted octanol–water partition coefficient (Wildman–Crippen LogP) is 0.557. The summed E-state index contributed by atoms with van der Waals surface area (Å²) < 4.78 is 4.57. The van der Waals surface area contributed by atoms with Crippen LogP contribution in [-0.4, -0.2) is 26.5 Å². The lowest BCUT2D eigenvalue weighted by molar-refractivity contribution is -0.122. The number of hydrogen-bond acceptors (Lipinski definition) is 3. The first-order valence-electron chi connectivity index (χ1n) is 3.65. The van der Waals surface area contributed by atoms with Gasteiger partial charge in [-0.25, -0.2) is 4.99 Å². The SMILES string of the molecule is CNC(=O)C(C)/C=C\N=C\OC. The highest BCUT2D eigenvalue weighted by Crippen LogP contribution is 1.95. The predicted molar refractivity (Wildman–Crippen MR) is 47.9 cm³/mol. The van der Waals surface area contributed by atoms with E-state index in [0.29, 0.717) is 0 Å². The molecular weight excluding hydrogens is 156 g/mol. The van der Waals surface area contributed by atoms with Crippen LogP contribution in [0.5, 0.6) is 0 Å². The summed E-state index contributed by atoms with van der Waals surface area (Å²) in [5.41, 5.74) is 0. The zero-order valence-corrected chi connectivity index (χ0v) is 7.57. The first-order valence-corrected chi connectivity index (χ1v) is 3.65. The third-order valence-corrected chi connectivity index (χ3v) is 1.29. The Morgan fingerprint density at radius 1 is 1.67 bits per heavy atom. The molecule has 0 aliphatic rings. The second-order valence-electron chi connectivity index (χ2n) is 2.23. The molecule has 0 radical (unpaired) electrons. The molecule has 0 fully saturated rings. The molecule has 0 saturated heterocycles. The van der Waals surface area contributed by atoms with Crippen LogP contribution in [0.25, 0.3) is 0 Å². The van der Waals surface area contributed by atoms with Gasteiger partial charge in [0.25, 0.3) is 0 Å². The number of hydrogen-bond donors (Lipinski definition) is 1. The van der Waals surface area contributed by atoms with Crippen LogP contribution in [0, 0.1) is 5.92 Å². The summed E-state index contributed by atoms with van der Waals surface area (Å²) in [4.78, 5) is 14.7. The number of carbonyl (C=O) groups excluding carboxylic acids is 1. The van der Waals surface area contributed by atoms with Crippen LogP contribution in [0.3, 0.4) is 0 Å². The van der Waals surface area contributed by atoms with E-state index in [0.717, 1.165) is 0 Å². The van der Waals surface area contributed by atoms with E-state index in [4.69, 9.17) is 0 Å². The summed E-state index contributed by atoms with van der Waals surface area (Å²) in [6, 6.07) is 0. The fraction of sp³-hybridized carbons (Fsp3) is 0.500. The van der Waals surface area contributed by atoms with Crippen molar-refractivity contribution in [1.82, 2.24) is 5.32 Å². The van der Waals surface area contributed by atoms with Crippen LogP contribution >= 0.6 is 0 Å². The van der Waals surface area contributed by atoms with E-state index in [1.54, 1.807) is 20.0 Å². The minimum Gasteiger partial charge on any atom is -0.486 e. The Morgan fingerprint density at radius 2 is 2.33 bits per heavy atom. The molecule has 0 aromatic heterocycles. The fourth-order valence-corrected chi connectivity index (χ4v) is 0.590. The van der Waals surface area contributed by atoms with Crippen LogP contribution in [0.4, 0.5) is 0 Å². The monoisotopic (exact) mass is 170 g/mol. The molecule has 4 heteroatoms. The van der Waals surface area contributed by atoms with E-state index in [9.17, 15) is 4.79 Å². The molecule has 0 spiro atoms. The van der Waals surface area contributed by atoms with Gasteiger partial charge in [0.15, 0.2) is 6.40 Å². The maximum Gasteiger partial charge on any atom is 0.226 e. The van der Waals surface area contributed by atoms with Gasteiger partial charge in [-0.3, -0.25) is 4.79 Å². The molecule has 0 bridgehead atoms. The molecule has 0 aliphatic heterocycles. The van der Waals surface area contributed by atoms with Crippen molar-refractivity contribution in [3.05, 3.63) is 12.3 Å². The lowest BCUT2D eigenvalue weighted by atomic mass is 10.2. The second-order valence-corrected chi connectivity index (χ2v) is 2.23. The van der Waals surface area contributed by atoms with Gasteiger partial charge in [0.1, 0.15) is 0 Å². The largest absolute Gasteiger partial charge is 0.486 e. The maximum absolute atomic E-state index is 10.9. The Bertz CT molecular complexity index is 187. The normalized spacial score (nSPS) is 13.6. The molecular formula is C8H14N2O2. The molecule has 0 saturated carbocycles. The first kappa shape index (κ1) is 10.7. The molecule has 68 valence electrons. The summed E-state index contributed by atoms with van der Waals surface area (Å²) in [6.45, 7) is 1.79. The van der Waals surface area contributed by atoms with E-state index >= 15 is 0 Å². The van der Waals surface area contributed by atoms with Gasteiger partial charge in [0.2, 0.25) is 5.91 Å². The van der Waals surface area contributed by atoms with Crippen molar-refractivity contribution in [3.63, 3.8) is 0 Å². The number of rotatable bonds is 4. The zero-order chi connectivity index (χ0) is 9.40. The highest BCUT2D eigenvalue weighted by molar-refractivity contribution is 5.79. The molecule has 12 heavy (non-hydrogen) atoms. The van der Waals surface area contributed by atoms with Crippen molar-refractivity contribution in [2.75, 3.05) is 14.2 Å². The van der Waals surface area contributed by atoms with Gasteiger partial charge in [-0.1, -0.05) is 13.0 Å². The number of carbonyl (C=O) groups is 1. The molecule has 0 aliphatic carbocycles. The first-order chi connectivity index (χ1) is 5.72. The lowest BCUT2D eigenvalue weighted by Crippen LogP contribution is -2.23. The number of nitrogens with zero attached hydrogens (tertiary/aromatic N) is 1. The van der Waals surface area contributed by atoms with Crippen molar-refractivity contribution < 1.29 is 9.53 Å². The molecule has 0 aromatic rings. The smallest absolute Gasteiger partial charge is 0.226 e. The van der Waals surface area contributed by atoms with Crippen molar-refractivity contribution in [2.45, 2.75) is 6.92 Å². The number of aliphatic imine (C=N–C) groups is 1. The number of ether oxygens (including phenoxy) is 1. The second kappa shape index (κ2) is 6.39. The Labute approximate surface area is 72.3 Å². The van der Waals surface area contributed by atoms with Crippen LogP contribution in [0.15, 0.2) is 17.3 Å². The summed E-state index contributed by atoms with van der Waals surface area (Å²) in [7, 11) is 3.12. The van der Waals surface area contributed by atoms with Crippen LogP contribution < -0.4 is 5.32 Å². The van der Waals surface area contributed by atoms with Gasteiger partial charge in [0, 0.05) is 13.2 Å². The maximum atomic E-state index is 10.9. The van der Waals surface area contributed by atoms with Crippen molar-refractivity contribution in [1.29, 1.82) is 0 Å². The standard InChI is InChI=1S/C8H14N2O2/c1-7(8(11)9-2)4-5-10-6-12-3/h4-7H,1-3H3,(H,9,11)/b5-4-,10-6+. The average molecular weight is 170 g/mol. The lowest BCUT2D eigenvalue weighted by Gasteiger charge is -2.01. The van der Waals surface area contributed by atoms with Gasteiger partial charge in [-0.05, 0) is 0 Å². The van der Waals surface area contributed by atoms with E-state index in [2.05, 4.69) is 15.0 Å². The van der Waals surface area contributed by atoms with Gasteiger partial charge in [0.05, 0.1) is 13.0 Å². The van der Waals surface area contributed by atoms with Gasteiger partial charge >= 0.3 is 0 Å². The number of methoxy groups -OCH3 is 1. The molecule has 1 N–H and O–H groups in total. The highest BCUT2D eigenvalue weighted by Gasteiger charge is 2.04. The average Bonchev–Trinajstić information content (AvgIpc) is 2.10. The Morgan fingerprint density at radius 3 is 2.83 bits per heavy atom. The number of amides is 1. The number of nitrogens with one attached hydrogen (secondary N) is 1. The molecule has 1 unspecified atom stereocenters. The molecule has 1 amide bonds. The minimum absolute atomic E-state index is 0.0288. The van der Waals surface area contributed by atoms with E-state index in [1.807, 2.05) is 0 Å². The van der Waals surface area contributed by atoms with Crippen molar-refractivity contribution in [2.24, 2.45) is 10.9 Å². The van der Waals surface area contributed by atoms with Crippen LogP contribution in [0.2, 0.25) is 0 Å². The van der Waals surface area contributed by atoms with Crippen LogP contribution in [0.1, 0.15) is 6.92 Å². The minimum atomic E-state index is -0.163. The third kappa shape index (κ3) is 4.49. The summed E-state index contributed by atoms with van der Waals surface area (Å²) >= 11 is 0. The van der Waals surface area contributed by atoms with Gasteiger partial charge < -0.3 is 10.1 Å². The van der Waals surface area contributed by atoms with E-state index in [-0.39, 0.29) is 11.8 Å². The Kier molecular flexibility index (Phi) is 5.69. The Balaban J connectivity index is 3.82. The quantitative estimate of drug-likeness (QED) is 0.495. The molecule has 4 nitrogen and oxygen atoms in total. The summed E-state index contributed by atoms with van der Waals surface area (Å²) in [6.07, 6.45) is 4.52. The molecule has 1 atom stereocenters. The molecule has 0 aromatic carbocycles. The zero-order valence-electron chi connectivity index (χ0n) is 7.57. The van der Waals surface area contributed by atoms with Crippen molar-refractivity contribution in [3.8, 4) is 0 Å². The van der Waals surface area contributed by atoms with Gasteiger partial charge in [-0.15, -0.1) is 0 Å². The summed E-state index contributed by atoms with van der Waals surface area (Å²) in [5.74, 6) is -0.192. The van der Waals surface area contributed by atoms with E-state index < -0.39 is 0 Å². The topological polar surface area (TPSA) is 50.7 Å². The Hall–Kier alpha value is -1.32. The summed E-state index contributed by atoms with van der Waals surface area (Å²) in [5, 5.41) is 2.53. The highest BCUT2D eigenvalue weighted by atomic mass is 16.5.